The Hall–Kier alpha value is -2.08. The maximum Gasteiger partial charge on any atom is 0.254 e. The maximum absolute atomic E-state index is 12.2. The van der Waals surface area contributed by atoms with E-state index >= 15 is 0 Å². The highest BCUT2D eigenvalue weighted by Gasteiger charge is 2.32. The average Bonchev–Trinajstić information content (AvgIpc) is 2.81. The molecule has 6 nitrogen and oxygen atoms in total. The summed E-state index contributed by atoms with van der Waals surface area (Å²) in [6.07, 6.45) is -0.0230. The largest absolute Gasteiger partial charge is 0.489 e. The van der Waals surface area contributed by atoms with E-state index in [9.17, 15) is 9.59 Å². The van der Waals surface area contributed by atoms with Crippen molar-refractivity contribution in [3.63, 3.8) is 0 Å². The third kappa shape index (κ3) is 3.06. The number of carbonyl (C=O) groups is 2. The van der Waals surface area contributed by atoms with E-state index in [-0.39, 0.29) is 23.8 Å². The molecule has 0 spiro atoms. The SMILES string of the molecule is CNC(=O)c1cc(C(=O)NCCOC)cc2c1O[C@H](C)[C@H]2C. The van der Waals surface area contributed by atoms with Crippen molar-refractivity contribution >= 4 is 11.8 Å². The fourth-order valence-electron chi connectivity index (χ4n) is 2.46. The van der Waals surface area contributed by atoms with E-state index in [4.69, 9.17) is 9.47 Å². The van der Waals surface area contributed by atoms with Gasteiger partial charge in [-0.05, 0) is 19.1 Å². The number of amides is 2. The standard InChI is InChI=1S/C16H22N2O4/c1-9-10(2)22-14-12(9)7-11(8-13(14)16(20)17-3)15(19)18-5-6-21-4/h7-10H,5-6H2,1-4H3,(H,17,20)(H,18,19)/t9-,10-/m1/s1. The lowest BCUT2D eigenvalue weighted by atomic mass is 9.94. The lowest BCUT2D eigenvalue weighted by Crippen LogP contribution is -2.27. The van der Waals surface area contributed by atoms with Crippen LogP contribution in [0.5, 0.6) is 5.75 Å². The Morgan fingerprint density at radius 1 is 1.27 bits per heavy atom. The summed E-state index contributed by atoms with van der Waals surface area (Å²) in [6, 6.07) is 3.38. The molecule has 0 aromatic heterocycles. The summed E-state index contributed by atoms with van der Waals surface area (Å²) < 4.78 is 10.7. The van der Waals surface area contributed by atoms with Crippen LogP contribution in [0.2, 0.25) is 0 Å². The van der Waals surface area contributed by atoms with E-state index in [0.717, 1.165) is 5.56 Å². The topological polar surface area (TPSA) is 76.7 Å². The number of fused-ring (bicyclic) bond motifs is 1. The molecular formula is C16H22N2O4. The van der Waals surface area contributed by atoms with Crippen LogP contribution in [-0.4, -0.2) is 45.2 Å². The predicted octanol–water partition coefficient (Wildman–Crippen LogP) is 1.31. The first-order valence-electron chi connectivity index (χ1n) is 7.33. The van der Waals surface area contributed by atoms with Crippen molar-refractivity contribution in [2.24, 2.45) is 0 Å². The average molecular weight is 306 g/mol. The van der Waals surface area contributed by atoms with Crippen LogP contribution in [-0.2, 0) is 4.74 Å². The second kappa shape index (κ2) is 6.79. The molecule has 2 atom stereocenters. The van der Waals surface area contributed by atoms with Crippen LogP contribution in [0.15, 0.2) is 12.1 Å². The molecule has 0 aliphatic carbocycles. The number of nitrogens with one attached hydrogen (secondary N) is 2. The van der Waals surface area contributed by atoms with Gasteiger partial charge in [-0.15, -0.1) is 0 Å². The Labute approximate surface area is 130 Å². The summed E-state index contributed by atoms with van der Waals surface area (Å²) in [5.74, 6) is 0.221. The number of hydrogen-bond acceptors (Lipinski definition) is 4. The third-order valence-corrected chi connectivity index (χ3v) is 3.94. The molecule has 0 fully saturated rings. The lowest BCUT2D eigenvalue weighted by molar-refractivity contribution is 0.0937. The van der Waals surface area contributed by atoms with E-state index < -0.39 is 0 Å². The van der Waals surface area contributed by atoms with Gasteiger partial charge in [-0.2, -0.15) is 0 Å². The zero-order chi connectivity index (χ0) is 16.3. The van der Waals surface area contributed by atoms with Crippen molar-refractivity contribution in [1.29, 1.82) is 0 Å². The van der Waals surface area contributed by atoms with E-state index in [1.54, 1.807) is 26.3 Å². The number of benzene rings is 1. The van der Waals surface area contributed by atoms with Gasteiger partial charge in [0.15, 0.2) is 0 Å². The van der Waals surface area contributed by atoms with Gasteiger partial charge in [0.05, 0.1) is 12.2 Å². The highest BCUT2D eigenvalue weighted by molar-refractivity contribution is 6.02. The van der Waals surface area contributed by atoms with Gasteiger partial charge in [0.2, 0.25) is 0 Å². The summed E-state index contributed by atoms with van der Waals surface area (Å²) in [4.78, 5) is 24.3. The number of hydrogen-bond donors (Lipinski definition) is 2. The zero-order valence-electron chi connectivity index (χ0n) is 13.4. The van der Waals surface area contributed by atoms with Crippen LogP contribution in [0.25, 0.3) is 0 Å². The second-order valence-corrected chi connectivity index (χ2v) is 5.38. The van der Waals surface area contributed by atoms with Crippen molar-refractivity contribution < 1.29 is 19.1 Å². The van der Waals surface area contributed by atoms with Gasteiger partial charge >= 0.3 is 0 Å². The quantitative estimate of drug-likeness (QED) is 0.804. The molecular weight excluding hydrogens is 284 g/mol. The smallest absolute Gasteiger partial charge is 0.254 e. The zero-order valence-corrected chi connectivity index (χ0v) is 13.4. The molecule has 2 rings (SSSR count). The molecule has 1 aliphatic rings. The first kappa shape index (κ1) is 16.3. The fraction of sp³-hybridized carbons (Fsp3) is 0.500. The van der Waals surface area contributed by atoms with E-state index in [2.05, 4.69) is 10.6 Å². The van der Waals surface area contributed by atoms with Crippen molar-refractivity contribution in [2.75, 3.05) is 27.3 Å². The van der Waals surface area contributed by atoms with E-state index in [1.807, 2.05) is 13.8 Å². The molecule has 0 radical (unpaired) electrons. The first-order chi connectivity index (χ1) is 10.5. The minimum Gasteiger partial charge on any atom is -0.489 e. The molecule has 2 N–H and O–H groups in total. The monoisotopic (exact) mass is 306 g/mol. The molecule has 1 heterocycles. The predicted molar refractivity (Wildman–Crippen MR) is 82.5 cm³/mol. The Balaban J connectivity index is 2.37. The van der Waals surface area contributed by atoms with Crippen molar-refractivity contribution in [1.82, 2.24) is 10.6 Å². The molecule has 0 unspecified atom stereocenters. The van der Waals surface area contributed by atoms with Crippen LogP contribution < -0.4 is 15.4 Å². The Kier molecular flexibility index (Phi) is 5.03. The molecule has 0 saturated heterocycles. The summed E-state index contributed by atoms with van der Waals surface area (Å²) in [6.45, 7) is 4.84. The molecule has 22 heavy (non-hydrogen) atoms. The Bertz CT molecular complexity index is 586. The van der Waals surface area contributed by atoms with Gasteiger partial charge in [0.25, 0.3) is 11.8 Å². The lowest BCUT2D eigenvalue weighted by Gasteiger charge is -2.11. The summed E-state index contributed by atoms with van der Waals surface area (Å²) in [7, 11) is 3.13. The first-order valence-corrected chi connectivity index (χ1v) is 7.33. The van der Waals surface area contributed by atoms with Crippen LogP contribution >= 0.6 is 0 Å². The molecule has 1 aromatic carbocycles. The van der Waals surface area contributed by atoms with Crippen LogP contribution in [0, 0.1) is 0 Å². The highest BCUT2D eigenvalue weighted by Crippen LogP contribution is 2.41. The summed E-state index contributed by atoms with van der Waals surface area (Å²) in [5, 5.41) is 5.35. The minimum atomic E-state index is -0.260. The van der Waals surface area contributed by atoms with E-state index in [1.165, 1.54) is 0 Å². The van der Waals surface area contributed by atoms with Crippen molar-refractivity contribution in [3.8, 4) is 5.75 Å². The minimum absolute atomic E-state index is 0.0230. The second-order valence-electron chi connectivity index (χ2n) is 5.38. The van der Waals surface area contributed by atoms with Gasteiger partial charge in [0.1, 0.15) is 11.9 Å². The van der Waals surface area contributed by atoms with E-state index in [0.29, 0.717) is 30.0 Å². The normalized spacial score (nSPS) is 19.3. The number of rotatable bonds is 5. The Morgan fingerprint density at radius 2 is 2.00 bits per heavy atom. The molecule has 0 bridgehead atoms. The molecule has 6 heteroatoms. The van der Waals surface area contributed by atoms with Crippen molar-refractivity contribution in [3.05, 3.63) is 28.8 Å². The van der Waals surface area contributed by atoms with Crippen LogP contribution in [0.4, 0.5) is 0 Å². The molecule has 0 saturated carbocycles. The van der Waals surface area contributed by atoms with Gasteiger partial charge in [-0.3, -0.25) is 9.59 Å². The third-order valence-electron chi connectivity index (χ3n) is 3.94. The van der Waals surface area contributed by atoms with Gasteiger partial charge in [0, 0.05) is 37.7 Å². The molecule has 1 aliphatic heterocycles. The number of ether oxygens (including phenoxy) is 2. The van der Waals surface area contributed by atoms with Crippen LogP contribution in [0.1, 0.15) is 46.0 Å². The fourth-order valence-corrected chi connectivity index (χ4v) is 2.46. The van der Waals surface area contributed by atoms with Crippen molar-refractivity contribution in [2.45, 2.75) is 25.9 Å². The maximum atomic E-state index is 12.2. The number of methoxy groups -OCH3 is 1. The van der Waals surface area contributed by atoms with Crippen LogP contribution in [0.3, 0.4) is 0 Å². The summed E-state index contributed by atoms with van der Waals surface area (Å²) >= 11 is 0. The highest BCUT2D eigenvalue weighted by atomic mass is 16.5. The number of carbonyl (C=O) groups excluding carboxylic acids is 2. The summed E-state index contributed by atoms with van der Waals surface area (Å²) in [5.41, 5.74) is 1.75. The van der Waals surface area contributed by atoms with Gasteiger partial charge in [-0.1, -0.05) is 6.92 Å². The molecule has 1 aromatic rings. The molecule has 120 valence electrons. The Morgan fingerprint density at radius 3 is 2.64 bits per heavy atom. The van der Waals surface area contributed by atoms with Gasteiger partial charge < -0.3 is 20.1 Å². The van der Waals surface area contributed by atoms with Gasteiger partial charge in [-0.25, -0.2) is 0 Å². The molecule has 2 amide bonds.